The lowest BCUT2D eigenvalue weighted by atomic mass is 9.90. The first-order valence-corrected chi connectivity index (χ1v) is 14.1. The summed E-state index contributed by atoms with van der Waals surface area (Å²) in [7, 11) is 0. The zero-order valence-electron chi connectivity index (χ0n) is 22.2. The number of nitrogens with one attached hydrogen (secondary N) is 3. The number of carbonyl (C=O) groups excluding carboxylic acids is 2. The Bertz CT molecular complexity index is 1210. The number of rotatable bonds is 10. The van der Waals surface area contributed by atoms with Crippen molar-refractivity contribution in [2.24, 2.45) is 0 Å². The summed E-state index contributed by atoms with van der Waals surface area (Å²) in [6.45, 7) is 7.02. The van der Waals surface area contributed by atoms with E-state index in [1.165, 1.54) is 16.9 Å². The smallest absolute Gasteiger partial charge is 0.319 e. The number of urea groups is 1. The largest absolute Gasteiger partial charge is 0.492 e. The molecule has 0 saturated heterocycles. The van der Waals surface area contributed by atoms with Crippen molar-refractivity contribution in [3.05, 3.63) is 70.2 Å². The van der Waals surface area contributed by atoms with Gasteiger partial charge in [0, 0.05) is 11.4 Å². The summed E-state index contributed by atoms with van der Waals surface area (Å²) in [5.41, 5.74) is 2.23. The summed E-state index contributed by atoms with van der Waals surface area (Å²) in [5.74, 6) is 1.62. The van der Waals surface area contributed by atoms with E-state index >= 15 is 0 Å². The molecule has 0 aliphatic heterocycles. The number of hydrogen-bond acceptors (Lipinski definition) is 6. The van der Waals surface area contributed by atoms with Gasteiger partial charge in [0.25, 0.3) is 5.91 Å². The predicted octanol–water partition coefficient (Wildman–Crippen LogP) is 6.11. The minimum Gasteiger partial charge on any atom is -0.492 e. The molecule has 202 valence electrons. The number of anilines is 1. The Balaban J connectivity index is 1.30. The summed E-state index contributed by atoms with van der Waals surface area (Å²) in [6, 6.07) is 14.7. The molecular formula is C29H36N4O4S. The Hall–Kier alpha value is -3.59. The van der Waals surface area contributed by atoms with Crippen LogP contribution in [0.1, 0.15) is 73.4 Å². The van der Waals surface area contributed by atoms with Gasteiger partial charge in [-0.2, -0.15) is 0 Å². The van der Waals surface area contributed by atoms with E-state index < -0.39 is 0 Å². The van der Waals surface area contributed by atoms with Crippen LogP contribution in [0.3, 0.4) is 0 Å². The Labute approximate surface area is 228 Å². The van der Waals surface area contributed by atoms with Crippen molar-refractivity contribution >= 4 is 29.0 Å². The molecule has 1 fully saturated rings. The molecule has 2 atom stereocenters. The van der Waals surface area contributed by atoms with Crippen LogP contribution in [-0.2, 0) is 6.61 Å². The van der Waals surface area contributed by atoms with Gasteiger partial charge in [0.2, 0.25) is 0 Å². The predicted molar refractivity (Wildman–Crippen MR) is 150 cm³/mol. The molecule has 1 aliphatic carbocycles. The highest BCUT2D eigenvalue weighted by atomic mass is 32.1. The number of aromatic nitrogens is 1. The number of carbonyl (C=O) groups is 2. The first-order valence-electron chi connectivity index (χ1n) is 13.2. The van der Waals surface area contributed by atoms with Crippen molar-refractivity contribution in [3.8, 4) is 11.5 Å². The maximum Gasteiger partial charge on any atom is 0.319 e. The topological polar surface area (TPSA) is 102 Å². The fourth-order valence-electron chi connectivity index (χ4n) is 4.47. The second-order valence-corrected chi connectivity index (χ2v) is 10.6. The zero-order valence-corrected chi connectivity index (χ0v) is 23.0. The molecule has 0 spiro atoms. The van der Waals surface area contributed by atoms with Crippen LogP contribution in [0.5, 0.6) is 11.5 Å². The van der Waals surface area contributed by atoms with Gasteiger partial charge in [0.1, 0.15) is 28.8 Å². The summed E-state index contributed by atoms with van der Waals surface area (Å²) in [4.78, 5) is 30.2. The molecule has 1 aromatic heterocycles. The molecule has 0 radical (unpaired) electrons. The molecule has 8 nitrogen and oxygen atoms in total. The van der Waals surface area contributed by atoms with Crippen LogP contribution in [0, 0.1) is 0 Å². The van der Waals surface area contributed by atoms with E-state index in [0.29, 0.717) is 36.3 Å². The molecule has 1 heterocycles. The van der Waals surface area contributed by atoms with Crippen LogP contribution in [-0.4, -0.2) is 35.6 Å². The van der Waals surface area contributed by atoms with E-state index in [1.807, 2.05) is 37.3 Å². The highest BCUT2D eigenvalue weighted by Gasteiger charge is 2.29. The van der Waals surface area contributed by atoms with Gasteiger partial charge in [0.05, 0.1) is 18.3 Å². The summed E-state index contributed by atoms with van der Waals surface area (Å²) < 4.78 is 11.4. The molecule has 38 heavy (non-hydrogen) atoms. The molecule has 9 heteroatoms. The third-order valence-electron chi connectivity index (χ3n) is 6.53. The second-order valence-electron chi connectivity index (χ2n) is 9.64. The number of benzene rings is 2. The first-order chi connectivity index (χ1) is 18.4. The molecule has 3 aromatic rings. The highest BCUT2D eigenvalue weighted by molar-refractivity contribution is 7.09. The molecule has 1 saturated carbocycles. The highest BCUT2D eigenvalue weighted by Crippen LogP contribution is 2.25. The fourth-order valence-corrected chi connectivity index (χ4v) is 5.16. The van der Waals surface area contributed by atoms with Gasteiger partial charge in [-0.3, -0.25) is 4.79 Å². The van der Waals surface area contributed by atoms with E-state index in [0.717, 1.165) is 36.4 Å². The van der Waals surface area contributed by atoms with E-state index in [4.69, 9.17) is 9.47 Å². The number of thiazole rings is 1. The van der Waals surface area contributed by atoms with E-state index in [-0.39, 0.29) is 24.0 Å². The number of nitrogens with zero attached hydrogens (tertiary/aromatic N) is 1. The Morgan fingerprint density at radius 3 is 2.42 bits per heavy atom. The van der Waals surface area contributed by atoms with Crippen LogP contribution in [0.2, 0.25) is 0 Å². The van der Waals surface area contributed by atoms with Crippen molar-refractivity contribution in [2.45, 2.75) is 71.1 Å². The molecule has 4 rings (SSSR count). The Morgan fingerprint density at radius 2 is 1.71 bits per heavy atom. The van der Waals surface area contributed by atoms with Gasteiger partial charge in [0.15, 0.2) is 0 Å². The average molecular weight is 537 g/mol. The molecule has 3 amide bonds. The first kappa shape index (κ1) is 27.4. The van der Waals surface area contributed by atoms with Crippen LogP contribution >= 0.6 is 11.3 Å². The number of amides is 3. The molecule has 0 bridgehead atoms. The lowest BCUT2D eigenvalue weighted by molar-refractivity contribution is 0.0911. The minimum atomic E-state index is -0.321. The number of hydrogen-bond donors (Lipinski definition) is 3. The standard InChI is InChI=1S/C29H36N4O4S/c1-4-36-26-12-8-7-11-24(26)33-29(35)32-23-10-6-5-9-22(23)31-28(34)25-18-38-27(30-25)17-37-21-15-13-20(14-16-21)19(2)3/h7-8,11-16,18-19,22-23H,4-6,9-10,17H2,1-3H3,(H,31,34)(H2,32,33,35)/t22-,23+/m1/s1. The molecular weight excluding hydrogens is 500 g/mol. The van der Waals surface area contributed by atoms with Gasteiger partial charge in [-0.1, -0.05) is 51.0 Å². The monoisotopic (exact) mass is 536 g/mol. The third kappa shape index (κ3) is 7.47. The number of para-hydroxylation sites is 2. The maximum absolute atomic E-state index is 13.0. The fraction of sp³-hybridized carbons (Fsp3) is 0.414. The molecule has 3 N–H and O–H groups in total. The second kappa shape index (κ2) is 13.3. The van der Waals surface area contributed by atoms with E-state index in [9.17, 15) is 9.59 Å². The lowest BCUT2D eigenvalue weighted by Crippen LogP contribution is -2.54. The molecule has 2 aromatic carbocycles. The van der Waals surface area contributed by atoms with Gasteiger partial charge in [-0.15, -0.1) is 11.3 Å². The van der Waals surface area contributed by atoms with Gasteiger partial charge >= 0.3 is 6.03 Å². The van der Waals surface area contributed by atoms with Crippen molar-refractivity contribution < 1.29 is 19.1 Å². The summed E-state index contributed by atoms with van der Waals surface area (Å²) in [6.07, 6.45) is 3.56. The van der Waals surface area contributed by atoms with Gasteiger partial charge in [-0.05, 0) is 55.5 Å². The van der Waals surface area contributed by atoms with Crippen molar-refractivity contribution in [1.29, 1.82) is 0 Å². The third-order valence-corrected chi connectivity index (χ3v) is 7.35. The zero-order chi connectivity index (χ0) is 26.9. The van der Waals surface area contributed by atoms with Crippen LogP contribution in [0.25, 0.3) is 0 Å². The van der Waals surface area contributed by atoms with Crippen molar-refractivity contribution in [1.82, 2.24) is 15.6 Å². The lowest BCUT2D eigenvalue weighted by Gasteiger charge is -2.32. The minimum absolute atomic E-state index is 0.176. The van der Waals surface area contributed by atoms with Gasteiger partial charge < -0.3 is 25.4 Å². The van der Waals surface area contributed by atoms with E-state index in [2.05, 4.69) is 46.9 Å². The van der Waals surface area contributed by atoms with Gasteiger partial charge in [-0.25, -0.2) is 9.78 Å². The van der Waals surface area contributed by atoms with Crippen molar-refractivity contribution in [3.63, 3.8) is 0 Å². The van der Waals surface area contributed by atoms with Crippen LogP contribution in [0.15, 0.2) is 53.9 Å². The molecule has 0 unspecified atom stereocenters. The summed E-state index contributed by atoms with van der Waals surface area (Å²) >= 11 is 1.40. The maximum atomic E-state index is 13.0. The Morgan fingerprint density at radius 1 is 1.00 bits per heavy atom. The van der Waals surface area contributed by atoms with E-state index in [1.54, 1.807) is 11.4 Å². The Kier molecular flexibility index (Phi) is 9.59. The van der Waals surface area contributed by atoms with Crippen LogP contribution in [0.4, 0.5) is 10.5 Å². The number of ether oxygens (including phenoxy) is 2. The normalized spacial score (nSPS) is 17.1. The SMILES string of the molecule is CCOc1ccccc1NC(=O)N[C@H]1CCCC[C@H]1NC(=O)c1csc(COc2ccc(C(C)C)cc2)n1. The quantitative estimate of drug-likeness (QED) is 0.290. The average Bonchev–Trinajstić information content (AvgIpc) is 3.39. The summed E-state index contributed by atoms with van der Waals surface area (Å²) in [5, 5.41) is 11.5. The van der Waals surface area contributed by atoms with Crippen LogP contribution < -0.4 is 25.4 Å². The van der Waals surface area contributed by atoms with Crippen molar-refractivity contribution in [2.75, 3.05) is 11.9 Å². The molecule has 1 aliphatic rings.